The minimum absolute atomic E-state index is 0.333. The third-order valence-electron chi connectivity index (χ3n) is 5.25. The highest BCUT2D eigenvalue weighted by molar-refractivity contribution is 5.41. The molecule has 128 valence electrons. The molecule has 0 spiro atoms. The molecule has 1 saturated heterocycles. The van der Waals surface area contributed by atoms with Crippen molar-refractivity contribution in [2.45, 2.75) is 32.0 Å². The van der Waals surface area contributed by atoms with Crippen LogP contribution in [0.5, 0.6) is 0 Å². The van der Waals surface area contributed by atoms with E-state index in [0.717, 1.165) is 37.7 Å². The van der Waals surface area contributed by atoms with Crippen LogP contribution in [0.3, 0.4) is 0 Å². The average molecular weight is 336 g/mol. The molecule has 2 aromatic heterocycles. The number of halogens is 3. The average Bonchev–Trinajstić information content (AvgIpc) is 3.21. The van der Waals surface area contributed by atoms with E-state index in [9.17, 15) is 13.2 Å². The summed E-state index contributed by atoms with van der Waals surface area (Å²) in [7, 11) is 0. The van der Waals surface area contributed by atoms with Crippen LogP contribution in [0.25, 0.3) is 0 Å². The molecular formula is C17H19F3N4. The molecule has 1 aliphatic heterocycles. The van der Waals surface area contributed by atoms with E-state index in [2.05, 4.69) is 10.1 Å². The summed E-state index contributed by atoms with van der Waals surface area (Å²) in [5, 5.41) is 4.53. The van der Waals surface area contributed by atoms with Crippen molar-refractivity contribution in [3.63, 3.8) is 0 Å². The van der Waals surface area contributed by atoms with Gasteiger partial charge >= 0.3 is 6.18 Å². The Hall–Kier alpha value is -2.05. The molecule has 1 aliphatic carbocycles. The maximum atomic E-state index is 12.9. The van der Waals surface area contributed by atoms with Crippen LogP contribution in [0.4, 0.5) is 19.0 Å². The van der Waals surface area contributed by atoms with Crippen LogP contribution in [0, 0.1) is 18.8 Å². The lowest BCUT2D eigenvalue weighted by Crippen LogP contribution is -2.25. The van der Waals surface area contributed by atoms with Crippen LogP contribution in [0.2, 0.25) is 0 Å². The minimum Gasteiger partial charge on any atom is -0.356 e. The van der Waals surface area contributed by atoms with Crippen molar-refractivity contribution in [3.8, 4) is 0 Å². The Morgan fingerprint density at radius 3 is 2.67 bits per heavy atom. The number of fused-ring (bicyclic) bond motifs is 1. The molecule has 7 heteroatoms. The molecule has 0 bridgehead atoms. The number of hydrogen-bond acceptors (Lipinski definition) is 3. The van der Waals surface area contributed by atoms with Crippen LogP contribution >= 0.6 is 0 Å². The standard InChI is InChI=1S/C17H19F3N4/c1-11-7-8-24(22-11)14-6-5-12-9-23(10-13(12)14)16-4-2-3-15(21-16)17(18,19)20/h2-4,7-8,12-14H,5-6,9-10H2,1H3/t12-,13+,14+/m1/s1. The van der Waals surface area contributed by atoms with Gasteiger partial charge in [-0.3, -0.25) is 4.68 Å². The first kappa shape index (κ1) is 15.5. The summed E-state index contributed by atoms with van der Waals surface area (Å²) in [6.07, 6.45) is -0.224. The van der Waals surface area contributed by atoms with Gasteiger partial charge in [0, 0.05) is 25.2 Å². The van der Waals surface area contributed by atoms with E-state index in [-0.39, 0.29) is 0 Å². The molecule has 4 nitrogen and oxygen atoms in total. The van der Waals surface area contributed by atoms with Crippen LogP contribution < -0.4 is 4.90 Å². The second-order valence-electron chi connectivity index (χ2n) is 6.79. The van der Waals surface area contributed by atoms with Gasteiger partial charge in [-0.05, 0) is 43.9 Å². The summed E-state index contributed by atoms with van der Waals surface area (Å²) < 4.78 is 40.7. The van der Waals surface area contributed by atoms with Gasteiger partial charge < -0.3 is 4.90 Å². The predicted octanol–water partition coefficient (Wildman–Crippen LogP) is 3.69. The Morgan fingerprint density at radius 2 is 1.96 bits per heavy atom. The van der Waals surface area contributed by atoms with Gasteiger partial charge in [0.1, 0.15) is 11.5 Å². The van der Waals surface area contributed by atoms with E-state index in [0.29, 0.717) is 23.7 Å². The van der Waals surface area contributed by atoms with Gasteiger partial charge in [0.15, 0.2) is 0 Å². The molecule has 0 aromatic carbocycles. The Kier molecular flexibility index (Phi) is 3.54. The van der Waals surface area contributed by atoms with E-state index in [1.54, 1.807) is 6.07 Å². The van der Waals surface area contributed by atoms with E-state index < -0.39 is 11.9 Å². The lowest BCUT2D eigenvalue weighted by Gasteiger charge is -2.22. The van der Waals surface area contributed by atoms with Gasteiger partial charge in [0.2, 0.25) is 0 Å². The third-order valence-corrected chi connectivity index (χ3v) is 5.25. The lowest BCUT2D eigenvalue weighted by atomic mass is 9.98. The van der Waals surface area contributed by atoms with Crippen molar-refractivity contribution in [2.75, 3.05) is 18.0 Å². The predicted molar refractivity (Wildman–Crippen MR) is 83.7 cm³/mol. The Labute approximate surface area is 138 Å². The number of aromatic nitrogens is 3. The molecule has 1 saturated carbocycles. The van der Waals surface area contributed by atoms with Crippen LogP contribution in [-0.2, 0) is 6.18 Å². The van der Waals surface area contributed by atoms with Crippen LogP contribution in [0.1, 0.15) is 30.3 Å². The zero-order valence-corrected chi connectivity index (χ0v) is 13.4. The van der Waals surface area contributed by atoms with Crippen LogP contribution in [-0.4, -0.2) is 27.9 Å². The second-order valence-corrected chi connectivity index (χ2v) is 6.79. The van der Waals surface area contributed by atoms with E-state index in [4.69, 9.17) is 0 Å². The van der Waals surface area contributed by atoms with Crippen molar-refractivity contribution in [1.82, 2.24) is 14.8 Å². The highest BCUT2D eigenvalue weighted by Crippen LogP contribution is 2.45. The molecule has 2 aliphatic rings. The summed E-state index contributed by atoms with van der Waals surface area (Å²) in [6, 6.07) is 6.46. The van der Waals surface area contributed by atoms with Gasteiger partial charge in [-0.1, -0.05) is 6.07 Å². The fourth-order valence-corrected chi connectivity index (χ4v) is 4.13. The van der Waals surface area contributed by atoms with Gasteiger partial charge in [0.05, 0.1) is 11.7 Å². The topological polar surface area (TPSA) is 34.0 Å². The molecular weight excluding hydrogens is 317 g/mol. The van der Waals surface area contributed by atoms with Crippen molar-refractivity contribution >= 4 is 5.82 Å². The minimum atomic E-state index is -4.40. The molecule has 0 amide bonds. The van der Waals surface area contributed by atoms with E-state index >= 15 is 0 Å². The van der Waals surface area contributed by atoms with Gasteiger partial charge in [-0.25, -0.2) is 4.98 Å². The van der Waals surface area contributed by atoms with Crippen molar-refractivity contribution in [1.29, 1.82) is 0 Å². The zero-order valence-electron chi connectivity index (χ0n) is 13.4. The van der Waals surface area contributed by atoms with Crippen molar-refractivity contribution in [2.24, 2.45) is 11.8 Å². The Balaban J connectivity index is 1.55. The van der Waals surface area contributed by atoms with Gasteiger partial charge in [0.25, 0.3) is 0 Å². The highest BCUT2D eigenvalue weighted by Gasteiger charge is 2.44. The fourth-order valence-electron chi connectivity index (χ4n) is 4.13. The summed E-state index contributed by atoms with van der Waals surface area (Å²) in [5.41, 5.74) is 0.171. The number of alkyl halides is 3. The van der Waals surface area contributed by atoms with E-state index in [1.807, 2.05) is 28.8 Å². The normalized spacial score (nSPS) is 26.8. The number of aryl methyl sites for hydroxylation is 1. The molecule has 0 radical (unpaired) electrons. The summed E-state index contributed by atoms with van der Waals surface area (Å²) in [6.45, 7) is 3.48. The molecule has 2 aromatic rings. The first-order valence-electron chi connectivity index (χ1n) is 8.23. The second kappa shape index (κ2) is 5.50. The first-order chi connectivity index (χ1) is 11.4. The molecule has 4 rings (SSSR count). The van der Waals surface area contributed by atoms with Crippen molar-refractivity contribution in [3.05, 3.63) is 41.9 Å². The first-order valence-corrected chi connectivity index (χ1v) is 8.23. The zero-order chi connectivity index (χ0) is 16.9. The van der Waals surface area contributed by atoms with E-state index in [1.165, 1.54) is 6.07 Å². The Bertz CT molecular complexity index is 739. The number of nitrogens with zero attached hydrogens (tertiary/aromatic N) is 4. The largest absolute Gasteiger partial charge is 0.433 e. The van der Waals surface area contributed by atoms with Gasteiger partial charge in [-0.15, -0.1) is 0 Å². The van der Waals surface area contributed by atoms with Crippen molar-refractivity contribution < 1.29 is 13.2 Å². The van der Waals surface area contributed by atoms with Gasteiger partial charge in [-0.2, -0.15) is 18.3 Å². The SMILES string of the molecule is Cc1ccn([C@H]2CC[C@@H]3CN(c4cccc(C(F)(F)F)n4)C[C@@H]32)n1. The quantitative estimate of drug-likeness (QED) is 0.839. The monoisotopic (exact) mass is 336 g/mol. The molecule has 3 heterocycles. The molecule has 0 N–H and O–H groups in total. The molecule has 3 atom stereocenters. The maximum absolute atomic E-state index is 12.9. The summed E-state index contributed by atoms with van der Waals surface area (Å²) in [4.78, 5) is 5.83. The molecule has 2 fully saturated rings. The van der Waals surface area contributed by atoms with Crippen LogP contribution in [0.15, 0.2) is 30.5 Å². The number of anilines is 1. The lowest BCUT2D eigenvalue weighted by molar-refractivity contribution is -0.141. The summed E-state index contributed by atoms with van der Waals surface area (Å²) in [5.74, 6) is 1.34. The molecule has 24 heavy (non-hydrogen) atoms. The molecule has 0 unspecified atom stereocenters. The number of rotatable bonds is 2. The highest BCUT2D eigenvalue weighted by atomic mass is 19.4. The summed E-state index contributed by atoms with van der Waals surface area (Å²) >= 11 is 0. The fraction of sp³-hybridized carbons (Fsp3) is 0.529. The maximum Gasteiger partial charge on any atom is 0.433 e. The third kappa shape index (κ3) is 2.65. The number of hydrogen-bond donors (Lipinski definition) is 0. The Morgan fingerprint density at radius 1 is 1.12 bits per heavy atom. The smallest absolute Gasteiger partial charge is 0.356 e. The number of pyridine rings is 1.